The number of fused-ring (bicyclic) bond motifs is 1. The van der Waals surface area contributed by atoms with Crippen LogP contribution in [0.2, 0.25) is 0 Å². The van der Waals surface area contributed by atoms with Gasteiger partial charge in [0, 0.05) is 36.6 Å². The van der Waals surface area contributed by atoms with Gasteiger partial charge in [0.25, 0.3) is 0 Å². The number of nitrogens with zero attached hydrogens (tertiary/aromatic N) is 1. The molecule has 0 bridgehead atoms. The van der Waals surface area contributed by atoms with E-state index in [-0.39, 0.29) is 5.41 Å². The summed E-state index contributed by atoms with van der Waals surface area (Å²) in [5.41, 5.74) is 0.193. The molecule has 2 fully saturated rings. The molecule has 0 radical (unpaired) electrons. The SMILES string of the molecule is CCN=C(NC(C)C(C)C)NC1C2CCOC2C1(C)C. The minimum atomic E-state index is 0.193. The van der Waals surface area contributed by atoms with Gasteiger partial charge in [0.05, 0.1) is 6.10 Å². The van der Waals surface area contributed by atoms with Crippen LogP contribution in [0.1, 0.15) is 48.0 Å². The topological polar surface area (TPSA) is 45.7 Å². The van der Waals surface area contributed by atoms with E-state index in [0.717, 1.165) is 19.1 Å². The van der Waals surface area contributed by atoms with E-state index in [1.807, 2.05) is 0 Å². The maximum Gasteiger partial charge on any atom is 0.191 e. The fourth-order valence-corrected chi connectivity index (χ4v) is 3.44. The molecule has 1 saturated carbocycles. The molecule has 0 aromatic carbocycles. The van der Waals surface area contributed by atoms with Crippen LogP contribution in [0.25, 0.3) is 0 Å². The molecule has 1 aliphatic heterocycles. The van der Waals surface area contributed by atoms with E-state index in [1.165, 1.54) is 6.42 Å². The number of aliphatic imine (C=N–C) groups is 1. The summed E-state index contributed by atoms with van der Waals surface area (Å²) < 4.78 is 5.86. The molecular formula is C16H31N3O. The van der Waals surface area contributed by atoms with Crippen molar-refractivity contribution in [3.63, 3.8) is 0 Å². The predicted octanol–water partition coefficient (Wildman–Crippen LogP) is 2.40. The van der Waals surface area contributed by atoms with Crippen molar-refractivity contribution < 1.29 is 4.74 Å². The van der Waals surface area contributed by atoms with Crippen LogP contribution in [0.3, 0.4) is 0 Å². The molecule has 0 aromatic rings. The highest BCUT2D eigenvalue weighted by atomic mass is 16.5. The molecule has 4 heteroatoms. The Morgan fingerprint density at radius 2 is 2.05 bits per heavy atom. The lowest BCUT2D eigenvalue weighted by Crippen LogP contribution is -2.68. The van der Waals surface area contributed by atoms with Crippen LogP contribution < -0.4 is 10.6 Å². The van der Waals surface area contributed by atoms with Gasteiger partial charge in [-0.3, -0.25) is 4.99 Å². The molecule has 0 amide bonds. The molecule has 1 heterocycles. The van der Waals surface area contributed by atoms with Gasteiger partial charge in [0.1, 0.15) is 0 Å². The Kier molecular flexibility index (Phi) is 4.62. The number of hydrogen-bond donors (Lipinski definition) is 2. The van der Waals surface area contributed by atoms with Crippen LogP contribution in [0.5, 0.6) is 0 Å². The van der Waals surface area contributed by atoms with Crippen LogP contribution in [0.4, 0.5) is 0 Å². The van der Waals surface area contributed by atoms with Gasteiger partial charge in [-0.05, 0) is 26.2 Å². The van der Waals surface area contributed by atoms with Crippen LogP contribution in [0.15, 0.2) is 4.99 Å². The van der Waals surface area contributed by atoms with Crippen molar-refractivity contribution >= 4 is 5.96 Å². The highest BCUT2D eigenvalue weighted by Crippen LogP contribution is 2.52. The lowest BCUT2D eigenvalue weighted by molar-refractivity contribution is -0.106. The molecule has 2 rings (SSSR count). The number of ether oxygens (including phenoxy) is 1. The highest BCUT2D eigenvalue weighted by molar-refractivity contribution is 5.80. The summed E-state index contributed by atoms with van der Waals surface area (Å²) >= 11 is 0. The molecule has 4 atom stereocenters. The standard InChI is InChI=1S/C16H31N3O/c1-7-17-15(18-11(4)10(2)3)19-13-12-8-9-20-14(12)16(13,5)6/h10-14H,7-9H2,1-6H3,(H2,17,18,19). The zero-order chi connectivity index (χ0) is 14.9. The van der Waals surface area contributed by atoms with Gasteiger partial charge in [0.15, 0.2) is 5.96 Å². The third kappa shape index (κ3) is 2.80. The average Bonchev–Trinajstić information content (AvgIpc) is 2.82. The normalized spacial score (nSPS) is 33.5. The van der Waals surface area contributed by atoms with Gasteiger partial charge in [-0.15, -0.1) is 0 Å². The molecule has 4 unspecified atom stereocenters. The zero-order valence-corrected chi connectivity index (χ0v) is 13.9. The summed E-state index contributed by atoms with van der Waals surface area (Å²) in [4.78, 5) is 4.60. The summed E-state index contributed by atoms with van der Waals surface area (Å²) in [5, 5.41) is 7.19. The van der Waals surface area contributed by atoms with Crippen molar-refractivity contribution in [3.05, 3.63) is 0 Å². The Balaban J connectivity index is 2.00. The molecule has 1 saturated heterocycles. The summed E-state index contributed by atoms with van der Waals surface area (Å²) in [5.74, 6) is 2.19. The summed E-state index contributed by atoms with van der Waals surface area (Å²) in [6.07, 6.45) is 1.59. The maximum absolute atomic E-state index is 5.86. The van der Waals surface area contributed by atoms with Crippen LogP contribution in [-0.4, -0.2) is 37.3 Å². The number of guanidine groups is 1. The molecule has 0 spiro atoms. The van der Waals surface area contributed by atoms with E-state index in [1.54, 1.807) is 0 Å². The second-order valence-electron chi connectivity index (χ2n) is 7.19. The summed E-state index contributed by atoms with van der Waals surface area (Å²) in [7, 11) is 0. The smallest absolute Gasteiger partial charge is 0.191 e. The molecule has 2 N–H and O–H groups in total. The van der Waals surface area contributed by atoms with Crippen LogP contribution >= 0.6 is 0 Å². The van der Waals surface area contributed by atoms with Gasteiger partial charge in [-0.1, -0.05) is 27.7 Å². The fraction of sp³-hybridized carbons (Fsp3) is 0.938. The van der Waals surface area contributed by atoms with E-state index < -0.39 is 0 Å². The lowest BCUT2D eigenvalue weighted by atomic mass is 9.57. The Hall–Kier alpha value is -0.770. The Labute approximate surface area is 123 Å². The Morgan fingerprint density at radius 3 is 2.65 bits per heavy atom. The quantitative estimate of drug-likeness (QED) is 0.614. The first-order chi connectivity index (χ1) is 9.37. The van der Waals surface area contributed by atoms with Crippen molar-refractivity contribution in [2.75, 3.05) is 13.2 Å². The van der Waals surface area contributed by atoms with Crippen molar-refractivity contribution in [1.29, 1.82) is 0 Å². The molecule has 0 aromatic heterocycles. The number of nitrogens with one attached hydrogen (secondary N) is 2. The first-order valence-corrected chi connectivity index (χ1v) is 8.07. The van der Waals surface area contributed by atoms with E-state index in [9.17, 15) is 0 Å². The Morgan fingerprint density at radius 1 is 1.35 bits per heavy atom. The monoisotopic (exact) mass is 281 g/mol. The molecule has 20 heavy (non-hydrogen) atoms. The van der Waals surface area contributed by atoms with Gasteiger partial charge >= 0.3 is 0 Å². The zero-order valence-electron chi connectivity index (χ0n) is 13.9. The third-order valence-electron chi connectivity index (χ3n) is 5.07. The minimum Gasteiger partial charge on any atom is -0.377 e. The Bertz CT molecular complexity index is 365. The first kappa shape index (κ1) is 15.6. The van der Waals surface area contributed by atoms with Gasteiger partial charge in [-0.2, -0.15) is 0 Å². The predicted molar refractivity (Wildman–Crippen MR) is 84.0 cm³/mol. The van der Waals surface area contributed by atoms with E-state index in [4.69, 9.17) is 4.74 Å². The maximum atomic E-state index is 5.86. The van der Waals surface area contributed by atoms with Crippen molar-refractivity contribution in [3.8, 4) is 0 Å². The fourth-order valence-electron chi connectivity index (χ4n) is 3.44. The first-order valence-electron chi connectivity index (χ1n) is 8.07. The van der Waals surface area contributed by atoms with Gasteiger partial charge in [-0.25, -0.2) is 0 Å². The van der Waals surface area contributed by atoms with E-state index >= 15 is 0 Å². The van der Waals surface area contributed by atoms with Crippen LogP contribution in [0, 0.1) is 17.3 Å². The van der Waals surface area contributed by atoms with Crippen LogP contribution in [-0.2, 0) is 4.74 Å². The van der Waals surface area contributed by atoms with Gasteiger partial charge < -0.3 is 15.4 Å². The third-order valence-corrected chi connectivity index (χ3v) is 5.07. The number of rotatable bonds is 4. The van der Waals surface area contributed by atoms with E-state index in [0.29, 0.717) is 30.0 Å². The minimum absolute atomic E-state index is 0.193. The lowest BCUT2D eigenvalue weighted by Gasteiger charge is -2.55. The molecule has 4 nitrogen and oxygen atoms in total. The van der Waals surface area contributed by atoms with Crippen molar-refractivity contribution in [2.45, 2.75) is 66.2 Å². The summed E-state index contributed by atoms with van der Waals surface area (Å²) in [6.45, 7) is 15.1. The second-order valence-corrected chi connectivity index (χ2v) is 7.19. The molecule has 1 aliphatic carbocycles. The summed E-state index contributed by atoms with van der Waals surface area (Å²) in [6, 6.07) is 0.888. The molecular weight excluding hydrogens is 250 g/mol. The van der Waals surface area contributed by atoms with Crippen molar-refractivity contribution in [2.24, 2.45) is 22.2 Å². The van der Waals surface area contributed by atoms with Gasteiger partial charge in [0.2, 0.25) is 0 Å². The average molecular weight is 281 g/mol. The molecule has 2 aliphatic rings. The van der Waals surface area contributed by atoms with E-state index in [2.05, 4.69) is 57.2 Å². The highest BCUT2D eigenvalue weighted by Gasteiger charge is 2.59. The van der Waals surface area contributed by atoms with Crippen molar-refractivity contribution in [1.82, 2.24) is 10.6 Å². The largest absolute Gasteiger partial charge is 0.377 e. The second kappa shape index (κ2) is 5.92. The number of hydrogen-bond acceptors (Lipinski definition) is 2. The molecule has 116 valence electrons.